The van der Waals surface area contributed by atoms with E-state index in [-0.39, 0.29) is 6.04 Å². The lowest BCUT2D eigenvalue weighted by atomic mass is 9.88. The highest BCUT2D eigenvalue weighted by Crippen LogP contribution is 2.40. The fraction of sp³-hybridized carbons (Fsp3) is 0.278. The van der Waals surface area contributed by atoms with Gasteiger partial charge in [-0.15, -0.1) is 0 Å². The largest absolute Gasteiger partial charge is 0.344 e. The van der Waals surface area contributed by atoms with Crippen LogP contribution < -0.4 is 10.6 Å². The van der Waals surface area contributed by atoms with Crippen molar-refractivity contribution in [1.29, 1.82) is 0 Å². The minimum Gasteiger partial charge on any atom is -0.326 e. The molecule has 0 aliphatic carbocycles. The Kier molecular flexibility index (Phi) is 6.34. The van der Waals surface area contributed by atoms with E-state index in [2.05, 4.69) is 15.5 Å². The third-order valence-corrected chi connectivity index (χ3v) is 5.63. The standard InChI is InChI=1S/C18H20Cl2N3O4P/c1-23-6-5-11-7-13(19)9-15(20)16(11)17(23)12-3-2-4-14(8-12)22-18(24)21-10-28(25,26)27/h2-4,7-9,17H,5-6,10H2,1H3,(H2,21,22,24)(H2,25,26,27). The molecule has 0 saturated carbocycles. The predicted molar refractivity (Wildman–Crippen MR) is 110 cm³/mol. The van der Waals surface area contributed by atoms with Gasteiger partial charge in [0.05, 0.1) is 6.04 Å². The van der Waals surface area contributed by atoms with Crippen LogP contribution in [0, 0.1) is 0 Å². The van der Waals surface area contributed by atoms with Crippen molar-refractivity contribution < 1.29 is 19.1 Å². The highest BCUT2D eigenvalue weighted by molar-refractivity contribution is 7.51. The van der Waals surface area contributed by atoms with E-state index in [9.17, 15) is 9.36 Å². The van der Waals surface area contributed by atoms with E-state index in [1.54, 1.807) is 18.2 Å². The predicted octanol–water partition coefficient (Wildman–Crippen LogP) is 3.83. The first-order chi connectivity index (χ1) is 13.1. The molecule has 7 nitrogen and oxygen atoms in total. The third kappa shape index (κ3) is 5.06. The van der Waals surface area contributed by atoms with Gasteiger partial charge in [-0.2, -0.15) is 0 Å². The number of amides is 2. The summed E-state index contributed by atoms with van der Waals surface area (Å²) in [7, 11) is -2.31. The van der Waals surface area contributed by atoms with Crippen LogP contribution in [0.5, 0.6) is 0 Å². The molecule has 0 bridgehead atoms. The molecule has 0 saturated heterocycles. The molecule has 2 aromatic rings. The molecule has 150 valence electrons. The maximum absolute atomic E-state index is 11.9. The van der Waals surface area contributed by atoms with E-state index >= 15 is 0 Å². The highest BCUT2D eigenvalue weighted by atomic mass is 35.5. The van der Waals surface area contributed by atoms with E-state index in [4.69, 9.17) is 33.0 Å². The number of anilines is 1. The summed E-state index contributed by atoms with van der Waals surface area (Å²) >= 11 is 12.6. The molecule has 0 aromatic heterocycles. The molecule has 2 aromatic carbocycles. The van der Waals surface area contributed by atoms with Crippen molar-refractivity contribution in [3.63, 3.8) is 0 Å². The first-order valence-corrected chi connectivity index (χ1v) is 11.1. The van der Waals surface area contributed by atoms with Crippen LogP contribution in [0.25, 0.3) is 0 Å². The number of nitrogens with one attached hydrogen (secondary N) is 2. The van der Waals surface area contributed by atoms with Crippen LogP contribution in [-0.4, -0.2) is 40.6 Å². The number of halogens is 2. The van der Waals surface area contributed by atoms with Gasteiger partial charge in [0.1, 0.15) is 6.29 Å². The van der Waals surface area contributed by atoms with Crippen molar-refractivity contribution in [2.75, 3.05) is 25.2 Å². The Morgan fingerprint density at radius 3 is 2.75 bits per heavy atom. The van der Waals surface area contributed by atoms with Crippen LogP contribution in [0.15, 0.2) is 36.4 Å². The molecule has 1 atom stereocenters. The quantitative estimate of drug-likeness (QED) is 0.537. The maximum Gasteiger partial charge on any atom is 0.344 e. The van der Waals surface area contributed by atoms with Gasteiger partial charge in [-0.05, 0) is 54.4 Å². The van der Waals surface area contributed by atoms with Gasteiger partial charge in [-0.1, -0.05) is 35.3 Å². The Labute approximate surface area is 172 Å². The Morgan fingerprint density at radius 2 is 2.04 bits per heavy atom. The number of fused-ring (bicyclic) bond motifs is 1. The lowest BCUT2D eigenvalue weighted by Crippen LogP contribution is -2.33. The van der Waals surface area contributed by atoms with E-state index in [0.717, 1.165) is 29.7 Å². The lowest BCUT2D eigenvalue weighted by molar-refractivity contribution is 0.252. The van der Waals surface area contributed by atoms with Gasteiger partial charge in [-0.25, -0.2) is 4.79 Å². The second kappa shape index (κ2) is 8.41. The second-order valence-corrected chi connectivity index (χ2v) is 9.16. The van der Waals surface area contributed by atoms with E-state index < -0.39 is 19.9 Å². The normalized spacial score (nSPS) is 17.1. The molecule has 0 radical (unpaired) electrons. The van der Waals surface area contributed by atoms with Crippen molar-refractivity contribution in [3.05, 3.63) is 63.1 Å². The summed E-state index contributed by atoms with van der Waals surface area (Å²) < 4.78 is 10.9. The monoisotopic (exact) mass is 443 g/mol. The van der Waals surface area contributed by atoms with Crippen molar-refractivity contribution >= 4 is 42.5 Å². The Bertz CT molecular complexity index is 950. The summed E-state index contributed by atoms with van der Waals surface area (Å²) in [4.78, 5) is 31.8. The number of likely N-dealkylation sites (N-methyl/N-ethyl adjacent to an activating group) is 1. The van der Waals surface area contributed by atoms with Crippen LogP contribution >= 0.6 is 30.8 Å². The minimum absolute atomic E-state index is 0.103. The molecule has 0 spiro atoms. The summed E-state index contributed by atoms with van der Waals surface area (Å²) in [5, 5.41) is 5.94. The number of hydrogen-bond donors (Lipinski definition) is 4. The number of carbonyl (C=O) groups is 1. The van der Waals surface area contributed by atoms with Crippen molar-refractivity contribution in [1.82, 2.24) is 10.2 Å². The van der Waals surface area contributed by atoms with Gasteiger partial charge in [0.15, 0.2) is 0 Å². The number of urea groups is 1. The van der Waals surface area contributed by atoms with Crippen LogP contribution in [0.3, 0.4) is 0 Å². The van der Waals surface area contributed by atoms with Crippen molar-refractivity contribution in [2.24, 2.45) is 0 Å². The molecular formula is C18H20Cl2N3O4P. The van der Waals surface area contributed by atoms with E-state index in [1.807, 2.05) is 25.2 Å². The zero-order chi connectivity index (χ0) is 20.5. The van der Waals surface area contributed by atoms with Gasteiger partial charge < -0.3 is 20.4 Å². The first-order valence-electron chi connectivity index (χ1n) is 8.51. The molecule has 28 heavy (non-hydrogen) atoms. The average molecular weight is 444 g/mol. The number of nitrogens with zero attached hydrogens (tertiary/aromatic N) is 1. The summed E-state index contributed by atoms with van der Waals surface area (Å²) in [5.74, 6) is 0. The Hall–Kier alpha value is -1.60. The number of rotatable bonds is 4. The summed E-state index contributed by atoms with van der Waals surface area (Å²) in [6.07, 6.45) is 0.110. The van der Waals surface area contributed by atoms with Gasteiger partial charge >= 0.3 is 13.6 Å². The highest BCUT2D eigenvalue weighted by Gasteiger charge is 2.29. The van der Waals surface area contributed by atoms with Crippen molar-refractivity contribution in [2.45, 2.75) is 12.5 Å². The molecule has 0 fully saturated rings. The van der Waals surface area contributed by atoms with Crippen molar-refractivity contribution in [3.8, 4) is 0 Å². The lowest BCUT2D eigenvalue weighted by Gasteiger charge is -2.36. The number of benzene rings is 2. The zero-order valence-corrected chi connectivity index (χ0v) is 17.4. The van der Waals surface area contributed by atoms with Gasteiger partial charge in [0.2, 0.25) is 0 Å². The molecular weight excluding hydrogens is 424 g/mol. The van der Waals surface area contributed by atoms with Crippen LogP contribution in [-0.2, 0) is 11.0 Å². The minimum atomic E-state index is -4.31. The fourth-order valence-corrected chi connectivity index (χ4v) is 4.34. The summed E-state index contributed by atoms with van der Waals surface area (Å²) in [5.41, 5.74) is 3.52. The summed E-state index contributed by atoms with van der Waals surface area (Å²) in [6.45, 7) is 0.828. The molecule has 4 N–H and O–H groups in total. The zero-order valence-electron chi connectivity index (χ0n) is 15.0. The van der Waals surface area contributed by atoms with Crippen LogP contribution in [0.2, 0.25) is 10.0 Å². The van der Waals surface area contributed by atoms with E-state index in [1.165, 1.54) is 0 Å². The molecule has 1 unspecified atom stereocenters. The summed E-state index contributed by atoms with van der Waals surface area (Å²) in [6, 6.07) is 10.1. The molecule has 10 heteroatoms. The average Bonchev–Trinajstić information content (AvgIpc) is 2.60. The molecule has 3 rings (SSSR count). The van der Waals surface area contributed by atoms with Gasteiger partial charge in [0.25, 0.3) is 0 Å². The Balaban J connectivity index is 1.86. The van der Waals surface area contributed by atoms with Gasteiger partial charge in [0, 0.05) is 22.3 Å². The van der Waals surface area contributed by atoms with Crippen LogP contribution in [0.4, 0.5) is 10.5 Å². The topological polar surface area (TPSA) is 102 Å². The van der Waals surface area contributed by atoms with Crippen LogP contribution in [0.1, 0.15) is 22.7 Å². The molecule has 2 amide bonds. The smallest absolute Gasteiger partial charge is 0.326 e. The van der Waals surface area contributed by atoms with E-state index in [0.29, 0.717) is 15.7 Å². The second-order valence-electron chi connectivity index (χ2n) is 6.67. The molecule has 1 aliphatic heterocycles. The van der Waals surface area contributed by atoms with Gasteiger partial charge in [-0.3, -0.25) is 9.46 Å². The first kappa shape index (κ1) is 21.1. The Morgan fingerprint density at radius 1 is 1.29 bits per heavy atom. The molecule has 1 heterocycles. The fourth-order valence-electron chi connectivity index (χ4n) is 3.36. The number of hydrogen-bond acceptors (Lipinski definition) is 3. The maximum atomic E-state index is 11.9. The SMILES string of the molecule is CN1CCc2cc(Cl)cc(Cl)c2C1c1cccc(NC(=O)NCP(=O)(O)O)c1. The third-order valence-electron chi connectivity index (χ3n) is 4.53. The number of carbonyl (C=O) groups excluding carboxylic acids is 1. The molecule has 1 aliphatic rings.